The van der Waals surface area contributed by atoms with Crippen LogP contribution in [0.2, 0.25) is 0 Å². The number of ether oxygens (including phenoxy) is 1. The van der Waals surface area contributed by atoms with Crippen molar-refractivity contribution in [1.29, 1.82) is 5.26 Å². The Morgan fingerprint density at radius 2 is 1.78 bits per heavy atom. The Hall–Kier alpha value is -3.53. The second kappa shape index (κ2) is 14.1. The summed E-state index contributed by atoms with van der Waals surface area (Å²) in [4.78, 5) is 17.0. The summed E-state index contributed by atoms with van der Waals surface area (Å²) in [6, 6.07) is 18.0. The fraction of sp³-hybridized carbons (Fsp3) is 0.483. The number of carbonyl (C=O) groups is 1. The molecule has 1 aliphatic carbocycles. The SMILES string of the molecule is CCCCCCN/C(=N/C#N)N[C@H]1CC[C@](CNC(=O)c2ccccc2OC)(c2ccccc2)CC1. The van der Waals surface area contributed by atoms with E-state index in [1.54, 1.807) is 19.2 Å². The van der Waals surface area contributed by atoms with E-state index in [0.717, 1.165) is 38.6 Å². The molecule has 1 amide bonds. The number of nitriles is 1. The van der Waals surface area contributed by atoms with Crippen molar-refractivity contribution in [2.24, 2.45) is 4.99 Å². The molecular formula is C29H39N5O2. The van der Waals surface area contributed by atoms with Crippen molar-refractivity contribution in [3.05, 3.63) is 65.7 Å². The van der Waals surface area contributed by atoms with Gasteiger partial charge in [-0.1, -0.05) is 68.7 Å². The zero-order valence-corrected chi connectivity index (χ0v) is 21.6. The number of unbranched alkanes of at least 4 members (excludes halogenated alkanes) is 3. The summed E-state index contributed by atoms with van der Waals surface area (Å²) in [6.45, 7) is 3.55. The van der Waals surface area contributed by atoms with E-state index >= 15 is 0 Å². The molecule has 3 N–H and O–H groups in total. The Labute approximate surface area is 215 Å². The molecule has 192 valence electrons. The normalized spacial score (nSPS) is 19.7. The van der Waals surface area contributed by atoms with Gasteiger partial charge < -0.3 is 20.7 Å². The van der Waals surface area contributed by atoms with Gasteiger partial charge in [-0.3, -0.25) is 4.79 Å². The Bertz CT molecular complexity index is 1020. The molecule has 0 bridgehead atoms. The fourth-order valence-electron chi connectivity index (χ4n) is 4.98. The predicted octanol–water partition coefficient (Wildman–Crippen LogP) is 4.90. The van der Waals surface area contributed by atoms with E-state index in [1.807, 2.05) is 24.4 Å². The van der Waals surface area contributed by atoms with Gasteiger partial charge >= 0.3 is 0 Å². The van der Waals surface area contributed by atoms with Gasteiger partial charge in [-0.15, -0.1) is 4.99 Å². The van der Waals surface area contributed by atoms with Crippen molar-refractivity contribution in [1.82, 2.24) is 16.0 Å². The number of nitrogens with zero attached hydrogens (tertiary/aromatic N) is 2. The molecule has 1 saturated carbocycles. The lowest BCUT2D eigenvalue weighted by Crippen LogP contribution is -2.49. The molecule has 1 fully saturated rings. The number of hydrogen-bond acceptors (Lipinski definition) is 4. The number of benzene rings is 2. The van der Waals surface area contributed by atoms with Crippen molar-refractivity contribution in [3.8, 4) is 11.9 Å². The van der Waals surface area contributed by atoms with Gasteiger partial charge in [0, 0.05) is 24.5 Å². The first-order chi connectivity index (χ1) is 17.6. The molecule has 7 nitrogen and oxygen atoms in total. The molecule has 0 aromatic heterocycles. The first kappa shape index (κ1) is 27.1. The van der Waals surface area contributed by atoms with Gasteiger partial charge in [0.2, 0.25) is 12.2 Å². The number of guanidine groups is 1. The van der Waals surface area contributed by atoms with Crippen molar-refractivity contribution < 1.29 is 9.53 Å². The first-order valence-corrected chi connectivity index (χ1v) is 13.1. The van der Waals surface area contributed by atoms with Gasteiger partial charge in [-0.25, -0.2) is 0 Å². The molecule has 2 aromatic rings. The molecule has 1 aliphatic rings. The van der Waals surface area contributed by atoms with Gasteiger partial charge in [-0.05, 0) is 49.8 Å². The third-order valence-corrected chi connectivity index (χ3v) is 7.09. The standard InChI is InChI=1S/C29H39N5O2/c1-3-4-5-11-20-31-28(33-22-30)34-24-16-18-29(19-17-24,23-12-7-6-8-13-23)21-32-27(35)25-14-9-10-15-26(25)36-2/h6-10,12-15,24H,3-5,11,16-21H2,1-2H3,(H,32,35)(H2,31,33,34)/t24-,29-. The van der Waals surface area contributed by atoms with Crippen molar-refractivity contribution >= 4 is 11.9 Å². The summed E-state index contributed by atoms with van der Waals surface area (Å²) < 4.78 is 5.38. The molecule has 3 rings (SSSR count). The molecule has 0 heterocycles. The minimum absolute atomic E-state index is 0.126. The minimum atomic E-state index is -0.156. The van der Waals surface area contributed by atoms with Crippen LogP contribution in [0, 0.1) is 11.5 Å². The van der Waals surface area contributed by atoms with Crippen LogP contribution in [0.1, 0.15) is 74.2 Å². The zero-order chi connectivity index (χ0) is 25.6. The van der Waals surface area contributed by atoms with E-state index in [2.05, 4.69) is 52.1 Å². The number of hydrogen-bond donors (Lipinski definition) is 3. The van der Waals surface area contributed by atoms with Gasteiger partial charge in [0.1, 0.15) is 5.75 Å². The number of aliphatic imine (C=N–C) groups is 1. The Balaban J connectivity index is 1.64. The first-order valence-electron chi connectivity index (χ1n) is 13.1. The van der Waals surface area contributed by atoms with Crippen molar-refractivity contribution in [2.45, 2.75) is 69.7 Å². The minimum Gasteiger partial charge on any atom is -0.496 e. The molecule has 0 spiro atoms. The van der Waals surface area contributed by atoms with Crippen molar-refractivity contribution in [2.75, 3.05) is 20.2 Å². The summed E-state index contributed by atoms with van der Waals surface area (Å²) in [6.07, 6.45) is 10.2. The summed E-state index contributed by atoms with van der Waals surface area (Å²) >= 11 is 0. The lowest BCUT2D eigenvalue weighted by atomic mass is 9.68. The topological polar surface area (TPSA) is 98.5 Å². The summed E-state index contributed by atoms with van der Waals surface area (Å²) in [7, 11) is 1.58. The second-order valence-corrected chi connectivity index (χ2v) is 9.50. The Morgan fingerprint density at radius 3 is 2.47 bits per heavy atom. The molecule has 0 aliphatic heterocycles. The van der Waals surface area contributed by atoms with E-state index in [1.165, 1.54) is 24.8 Å². The quantitative estimate of drug-likeness (QED) is 0.180. The van der Waals surface area contributed by atoms with Crippen LogP contribution < -0.4 is 20.7 Å². The van der Waals surface area contributed by atoms with Crippen LogP contribution in [0.3, 0.4) is 0 Å². The maximum atomic E-state index is 13.0. The maximum absolute atomic E-state index is 13.0. The maximum Gasteiger partial charge on any atom is 0.255 e. The monoisotopic (exact) mass is 489 g/mol. The van der Waals surface area contributed by atoms with Gasteiger partial charge in [0.15, 0.2) is 0 Å². The predicted molar refractivity (Wildman–Crippen MR) is 144 cm³/mol. The molecule has 0 unspecified atom stereocenters. The van der Waals surface area contributed by atoms with E-state index in [4.69, 9.17) is 10.00 Å². The summed E-state index contributed by atoms with van der Waals surface area (Å²) in [5, 5.41) is 19.1. The molecule has 2 aromatic carbocycles. The van der Waals surface area contributed by atoms with E-state index in [0.29, 0.717) is 23.8 Å². The highest BCUT2D eigenvalue weighted by Crippen LogP contribution is 2.39. The van der Waals surface area contributed by atoms with E-state index < -0.39 is 0 Å². The number of methoxy groups -OCH3 is 1. The number of para-hydroxylation sites is 1. The average molecular weight is 490 g/mol. The van der Waals surface area contributed by atoms with Crippen LogP contribution in [-0.4, -0.2) is 38.1 Å². The van der Waals surface area contributed by atoms with Crippen LogP contribution in [0.5, 0.6) is 5.75 Å². The summed E-state index contributed by atoms with van der Waals surface area (Å²) in [5.41, 5.74) is 1.63. The third kappa shape index (κ3) is 7.48. The van der Waals surface area contributed by atoms with E-state index in [9.17, 15) is 4.79 Å². The van der Waals surface area contributed by atoms with Crippen LogP contribution in [0.15, 0.2) is 59.6 Å². The molecule has 0 radical (unpaired) electrons. The lowest BCUT2D eigenvalue weighted by molar-refractivity contribution is 0.0932. The molecule has 0 atom stereocenters. The van der Waals surface area contributed by atoms with Crippen molar-refractivity contribution in [3.63, 3.8) is 0 Å². The van der Waals surface area contributed by atoms with Gasteiger partial charge in [0.05, 0.1) is 12.7 Å². The zero-order valence-electron chi connectivity index (χ0n) is 21.6. The highest BCUT2D eigenvalue weighted by molar-refractivity contribution is 5.97. The third-order valence-electron chi connectivity index (χ3n) is 7.09. The van der Waals surface area contributed by atoms with Crippen LogP contribution in [0.25, 0.3) is 0 Å². The smallest absolute Gasteiger partial charge is 0.255 e. The van der Waals surface area contributed by atoms with Crippen LogP contribution in [0.4, 0.5) is 0 Å². The molecule has 36 heavy (non-hydrogen) atoms. The molecular weight excluding hydrogens is 450 g/mol. The average Bonchev–Trinajstić information content (AvgIpc) is 2.93. The highest BCUT2D eigenvalue weighted by Gasteiger charge is 2.37. The largest absolute Gasteiger partial charge is 0.496 e. The molecule has 7 heteroatoms. The number of nitrogens with one attached hydrogen (secondary N) is 3. The Morgan fingerprint density at radius 1 is 1.06 bits per heavy atom. The lowest BCUT2D eigenvalue weighted by Gasteiger charge is -2.41. The highest BCUT2D eigenvalue weighted by atomic mass is 16.5. The number of amides is 1. The number of rotatable bonds is 11. The van der Waals surface area contributed by atoms with Crippen LogP contribution >= 0.6 is 0 Å². The van der Waals surface area contributed by atoms with Gasteiger partial charge in [-0.2, -0.15) is 5.26 Å². The Kier molecular flexibility index (Phi) is 10.6. The van der Waals surface area contributed by atoms with Crippen LogP contribution in [-0.2, 0) is 5.41 Å². The van der Waals surface area contributed by atoms with E-state index in [-0.39, 0.29) is 17.4 Å². The summed E-state index contributed by atoms with van der Waals surface area (Å²) in [5.74, 6) is 1.01. The van der Waals surface area contributed by atoms with Gasteiger partial charge in [0.25, 0.3) is 5.91 Å². The fourth-order valence-corrected chi connectivity index (χ4v) is 4.98. The number of carbonyl (C=O) groups excluding carboxylic acids is 1. The molecule has 0 saturated heterocycles. The second-order valence-electron chi connectivity index (χ2n) is 9.50.